The Kier molecular flexibility index (Phi) is 7.65. The predicted octanol–water partition coefficient (Wildman–Crippen LogP) is 11.0. The summed E-state index contributed by atoms with van der Waals surface area (Å²) in [6.07, 6.45) is 2.42. The van der Waals surface area contributed by atoms with Gasteiger partial charge in [0.05, 0.1) is 0 Å². The molecule has 0 fully saturated rings. The van der Waals surface area contributed by atoms with Crippen molar-refractivity contribution in [3.63, 3.8) is 0 Å². The predicted molar refractivity (Wildman–Crippen MR) is 157 cm³/mol. The van der Waals surface area contributed by atoms with Crippen LogP contribution in [0.4, 0.5) is 0 Å². The molecule has 1 aliphatic rings. The first-order valence-electron chi connectivity index (χ1n) is 12.9. The second kappa shape index (κ2) is 9.87. The van der Waals surface area contributed by atoms with Gasteiger partial charge >= 0.3 is 235 Å². The number of fused-ring (bicyclic) bond motifs is 1. The molecule has 0 heterocycles. The second-order valence-electron chi connectivity index (χ2n) is 13.2. The zero-order valence-corrected chi connectivity index (χ0v) is 27.2. The monoisotopic (exact) mass is 595 g/mol. The maximum absolute atomic E-state index is 6.86. The minimum atomic E-state index is -2.65. The summed E-state index contributed by atoms with van der Waals surface area (Å²) < 4.78 is 0.183. The number of halogens is 2. The van der Waals surface area contributed by atoms with Gasteiger partial charge in [0.2, 0.25) is 0 Å². The van der Waals surface area contributed by atoms with E-state index < -0.39 is 19.4 Å². The Hall–Kier alpha value is -1.14. The summed E-state index contributed by atoms with van der Waals surface area (Å²) in [6, 6.07) is 22.6. The van der Waals surface area contributed by atoms with Gasteiger partial charge in [-0.15, -0.1) is 0 Å². The summed E-state index contributed by atoms with van der Waals surface area (Å²) in [7, 11) is 13.7. The molecule has 3 aromatic carbocycles. The maximum atomic E-state index is 6.86. The van der Waals surface area contributed by atoms with Crippen LogP contribution >= 0.6 is 17.0 Å². The van der Waals surface area contributed by atoms with Crippen molar-refractivity contribution < 1.29 is 19.4 Å². The third-order valence-corrected chi connectivity index (χ3v) is 12.5. The molecule has 0 aromatic heterocycles. The first kappa shape index (κ1) is 27.9. The van der Waals surface area contributed by atoms with Crippen LogP contribution in [0.1, 0.15) is 88.2 Å². The van der Waals surface area contributed by atoms with Crippen LogP contribution in [0.25, 0.3) is 28.3 Å². The van der Waals surface area contributed by atoms with Gasteiger partial charge in [0, 0.05) is 0 Å². The van der Waals surface area contributed by atoms with Gasteiger partial charge in [-0.1, -0.05) is 0 Å². The molecule has 3 heteroatoms. The molecule has 0 saturated heterocycles. The molecule has 36 heavy (non-hydrogen) atoms. The molecule has 0 spiro atoms. The molecule has 3 aromatic rings. The van der Waals surface area contributed by atoms with E-state index in [0.717, 1.165) is 0 Å². The van der Waals surface area contributed by atoms with Crippen molar-refractivity contribution in [1.82, 2.24) is 0 Å². The fourth-order valence-corrected chi connectivity index (χ4v) is 11.0. The van der Waals surface area contributed by atoms with Crippen molar-refractivity contribution in [3.05, 3.63) is 88.5 Å². The van der Waals surface area contributed by atoms with Crippen molar-refractivity contribution in [3.8, 4) is 22.3 Å². The molecule has 0 aliphatic heterocycles. The van der Waals surface area contributed by atoms with Crippen LogP contribution in [0.5, 0.6) is 0 Å². The Bertz CT molecular complexity index is 1260. The van der Waals surface area contributed by atoms with E-state index >= 15 is 0 Å². The van der Waals surface area contributed by atoms with Crippen LogP contribution < -0.4 is 0 Å². The van der Waals surface area contributed by atoms with Crippen molar-refractivity contribution >= 4 is 23.1 Å². The van der Waals surface area contributed by atoms with Gasteiger partial charge < -0.3 is 0 Å². The molecular weight excluding hydrogens is 558 g/mol. The molecule has 1 unspecified atom stereocenters. The van der Waals surface area contributed by atoms with Crippen molar-refractivity contribution in [2.75, 3.05) is 0 Å². The first-order valence-corrected chi connectivity index (χ1v) is 20.6. The van der Waals surface area contributed by atoms with E-state index in [1.54, 1.807) is 0 Å². The van der Waals surface area contributed by atoms with Crippen LogP contribution in [0.2, 0.25) is 0 Å². The normalized spacial score (nSPS) is 16.1. The first-order chi connectivity index (χ1) is 16.6. The Labute approximate surface area is 233 Å². The Morgan fingerprint density at radius 1 is 0.639 bits per heavy atom. The molecule has 1 atom stereocenters. The van der Waals surface area contributed by atoms with Crippen molar-refractivity contribution in [1.29, 1.82) is 0 Å². The molecule has 1 aliphatic carbocycles. The van der Waals surface area contributed by atoms with Crippen molar-refractivity contribution in [2.24, 2.45) is 5.41 Å². The fraction of sp³-hybridized carbons (Fsp3) is 0.394. The van der Waals surface area contributed by atoms with Gasteiger partial charge in [-0.05, 0) is 0 Å². The van der Waals surface area contributed by atoms with Gasteiger partial charge in [-0.3, -0.25) is 0 Å². The van der Waals surface area contributed by atoms with Crippen LogP contribution in [0, 0.1) is 5.41 Å². The average molecular weight is 598 g/mol. The zero-order valence-electron chi connectivity index (χ0n) is 23.2. The third-order valence-electron chi connectivity index (χ3n) is 7.32. The van der Waals surface area contributed by atoms with E-state index in [1.165, 1.54) is 50.1 Å². The summed E-state index contributed by atoms with van der Waals surface area (Å²) >= 11 is -2.65. The number of rotatable bonds is 3. The van der Waals surface area contributed by atoms with E-state index in [-0.39, 0.29) is 19.9 Å². The molecule has 0 nitrogen and oxygen atoms in total. The molecule has 189 valence electrons. The fourth-order valence-electron chi connectivity index (χ4n) is 5.14. The molecule has 0 radical (unpaired) electrons. The molecule has 0 saturated carbocycles. The standard InChI is InChI=1S/C33H39.2ClH.Zr/c1-31(2,3)25-18-24(19-26(20-25)32(4,5)6)30-28(22-13-11-10-12-14-22)16-15-23-17-27(21-29(23)30)33(7,8)9;;;/h10-21H,1-9H3;2*1H;/q;;;+2/p-2. The van der Waals surface area contributed by atoms with Crippen LogP contribution in [0.15, 0.2) is 66.2 Å². The molecule has 0 bridgehead atoms. The van der Waals surface area contributed by atoms with Crippen molar-refractivity contribution in [2.45, 2.75) is 76.8 Å². The summed E-state index contributed by atoms with van der Waals surface area (Å²) in [5.41, 5.74) is 11.9. The van der Waals surface area contributed by atoms with E-state index in [1.807, 2.05) is 0 Å². The summed E-state index contributed by atoms with van der Waals surface area (Å²) in [6.45, 7) is 20.7. The van der Waals surface area contributed by atoms with E-state index in [4.69, 9.17) is 17.0 Å². The molecule has 0 amide bonds. The summed E-state index contributed by atoms with van der Waals surface area (Å²) in [5.74, 6) is 0. The molecular formula is C33H39Cl2Zr. The van der Waals surface area contributed by atoms with Gasteiger partial charge in [0.15, 0.2) is 0 Å². The summed E-state index contributed by atoms with van der Waals surface area (Å²) in [5, 5.41) is 0. The van der Waals surface area contributed by atoms with E-state index in [2.05, 4.69) is 129 Å². The van der Waals surface area contributed by atoms with Gasteiger partial charge in [-0.2, -0.15) is 0 Å². The minimum absolute atomic E-state index is 0.00723. The molecule has 4 rings (SSSR count). The zero-order chi connectivity index (χ0) is 26.6. The molecule has 0 N–H and O–H groups in total. The number of hydrogen-bond donors (Lipinski definition) is 0. The van der Waals surface area contributed by atoms with Crippen LogP contribution in [-0.2, 0) is 30.2 Å². The number of allylic oxidation sites excluding steroid dienone is 1. The third kappa shape index (κ3) is 5.50. The Morgan fingerprint density at radius 2 is 1.19 bits per heavy atom. The van der Waals surface area contributed by atoms with Gasteiger partial charge in [0.25, 0.3) is 0 Å². The van der Waals surface area contributed by atoms with E-state index in [9.17, 15) is 0 Å². The number of hydrogen-bond acceptors (Lipinski definition) is 0. The summed E-state index contributed by atoms with van der Waals surface area (Å²) in [4.78, 5) is 0. The Balaban J connectivity index is 2.13. The SMILES string of the molecule is CC(C)(C)C1=Cc2c(ccc(-c3ccccc3)c2-c2cc(C(C)(C)C)cc(C(C)(C)C)c2)[CH]1[Zr]([Cl])[Cl]. The number of benzene rings is 3. The average Bonchev–Trinajstić information content (AvgIpc) is 3.18. The topological polar surface area (TPSA) is 0 Å². The second-order valence-corrected chi connectivity index (χ2v) is 22.0. The van der Waals surface area contributed by atoms with Gasteiger partial charge in [-0.25, -0.2) is 0 Å². The Morgan fingerprint density at radius 3 is 1.67 bits per heavy atom. The van der Waals surface area contributed by atoms with Crippen LogP contribution in [-0.4, -0.2) is 0 Å². The van der Waals surface area contributed by atoms with E-state index in [0.29, 0.717) is 0 Å². The van der Waals surface area contributed by atoms with Gasteiger partial charge in [0.1, 0.15) is 0 Å². The quantitative estimate of drug-likeness (QED) is 0.282. The van der Waals surface area contributed by atoms with Crippen LogP contribution in [0.3, 0.4) is 0 Å².